The van der Waals surface area contributed by atoms with Crippen LogP contribution in [0.15, 0.2) is 30.5 Å². The summed E-state index contributed by atoms with van der Waals surface area (Å²) >= 11 is 0. The topological polar surface area (TPSA) is 50.9 Å². The van der Waals surface area contributed by atoms with Crippen LogP contribution in [-0.2, 0) is 6.18 Å². The smallest absolute Gasteiger partial charge is 0.397 e. The monoisotopic (exact) mass is 281 g/mol. The Bertz CT molecular complexity index is 636. The first-order chi connectivity index (χ1) is 9.29. The number of halogens is 3. The zero-order valence-corrected chi connectivity index (χ0v) is 11.0. The van der Waals surface area contributed by atoms with Gasteiger partial charge in [0.05, 0.1) is 28.3 Å². The van der Waals surface area contributed by atoms with Crippen LogP contribution in [0.2, 0.25) is 0 Å². The van der Waals surface area contributed by atoms with Gasteiger partial charge in [0.2, 0.25) is 0 Å². The summed E-state index contributed by atoms with van der Waals surface area (Å²) in [5, 5.41) is 2.89. The number of nitrogens with two attached hydrogens (primary N) is 1. The van der Waals surface area contributed by atoms with Crippen molar-refractivity contribution in [2.24, 2.45) is 0 Å². The molecule has 0 saturated heterocycles. The van der Waals surface area contributed by atoms with Crippen molar-refractivity contribution >= 4 is 17.1 Å². The Balaban J connectivity index is 2.45. The van der Waals surface area contributed by atoms with Gasteiger partial charge in [-0.25, -0.2) is 0 Å². The predicted molar refractivity (Wildman–Crippen MR) is 72.9 cm³/mol. The van der Waals surface area contributed by atoms with Crippen molar-refractivity contribution in [3.05, 3.63) is 47.3 Å². The van der Waals surface area contributed by atoms with Crippen LogP contribution in [0.25, 0.3) is 0 Å². The molecule has 0 radical (unpaired) electrons. The number of nitrogens with one attached hydrogen (secondary N) is 1. The van der Waals surface area contributed by atoms with Crippen LogP contribution < -0.4 is 11.1 Å². The highest BCUT2D eigenvalue weighted by molar-refractivity contribution is 5.75. The van der Waals surface area contributed by atoms with Gasteiger partial charge >= 0.3 is 6.18 Å². The van der Waals surface area contributed by atoms with Gasteiger partial charge in [0.15, 0.2) is 0 Å². The highest BCUT2D eigenvalue weighted by Gasteiger charge is 2.33. The molecule has 0 saturated carbocycles. The molecule has 1 aromatic carbocycles. The van der Waals surface area contributed by atoms with Crippen molar-refractivity contribution < 1.29 is 13.2 Å². The molecule has 6 heteroatoms. The molecule has 3 N–H and O–H groups in total. The molecule has 1 heterocycles. The third kappa shape index (κ3) is 2.84. The second kappa shape index (κ2) is 5.03. The van der Waals surface area contributed by atoms with Crippen LogP contribution in [0.1, 0.15) is 16.8 Å². The van der Waals surface area contributed by atoms with E-state index in [1.165, 1.54) is 13.0 Å². The fourth-order valence-electron chi connectivity index (χ4n) is 1.91. The van der Waals surface area contributed by atoms with Gasteiger partial charge in [-0.05, 0) is 43.7 Å². The van der Waals surface area contributed by atoms with Crippen molar-refractivity contribution in [2.45, 2.75) is 20.0 Å². The molecule has 0 aliphatic rings. The molecule has 0 aliphatic heterocycles. The Labute approximate surface area is 114 Å². The lowest BCUT2D eigenvalue weighted by atomic mass is 10.1. The van der Waals surface area contributed by atoms with E-state index in [0.717, 1.165) is 6.07 Å². The van der Waals surface area contributed by atoms with Crippen molar-refractivity contribution in [2.75, 3.05) is 11.1 Å². The summed E-state index contributed by atoms with van der Waals surface area (Å²) in [5.41, 5.74) is 6.97. The molecule has 0 amide bonds. The van der Waals surface area contributed by atoms with Crippen LogP contribution in [0.4, 0.5) is 30.2 Å². The van der Waals surface area contributed by atoms with Gasteiger partial charge in [-0.3, -0.25) is 4.98 Å². The molecule has 20 heavy (non-hydrogen) atoms. The number of alkyl halides is 3. The van der Waals surface area contributed by atoms with E-state index in [9.17, 15) is 13.2 Å². The second-order valence-corrected chi connectivity index (χ2v) is 4.51. The fourth-order valence-corrected chi connectivity index (χ4v) is 1.91. The van der Waals surface area contributed by atoms with Crippen LogP contribution in [-0.4, -0.2) is 4.98 Å². The minimum atomic E-state index is -4.40. The molecule has 2 aromatic rings. The van der Waals surface area contributed by atoms with Crippen LogP contribution in [0.3, 0.4) is 0 Å². The molecular formula is C14H14F3N3. The normalized spacial score (nSPS) is 11.4. The minimum absolute atomic E-state index is 0.100. The van der Waals surface area contributed by atoms with E-state index in [4.69, 9.17) is 5.73 Å². The molecule has 0 bridgehead atoms. The lowest BCUT2D eigenvalue weighted by Gasteiger charge is -2.16. The van der Waals surface area contributed by atoms with Crippen molar-refractivity contribution in [1.82, 2.24) is 4.98 Å². The molecule has 0 atom stereocenters. The average molecular weight is 281 g/mol. The molecule has 2 rings (SSSR count). The minimum Gasteiger partial charge on any atom is -0.397 e. The number of nitrogens with zero attached hydrogens (tertiary/aromatic N) is 1. The molecule has 0 aliphatic carbocycles. The largest absolute Gasteiger partial charge is 0.416 e. The Morgan fingerprint density at radius 1 is 1.15 bits per heavy atom. The zero-order valence-electron chi connectivity index (χ0n) is 11.0. The summed E-state index contributed by atoms with van der Waals surface area (Å²) in [6, 6.07) is 5.77. The van der Waals surface area contributed by atoms with Crippen LogP contribution >= 0.6 is 0 Å². The maximum absolute atomic E-state index is 12.9. The number of nitrogen functional groups attached to an aromatic ring is 1. The van der Waals surface area contributed by atoms with Crippen LogP contribution in [0.5, 0.6) is 0 Å². The standard InChI is InChI=1S/C14H14F3N3/c1-8-6-11(18)13(7-10(8)14(15,16)17)20-12-4-3-5-19-9(12)2/h3-7,20H,18H2,1-2H3. The Morgan fingerprint density at radius 3 is 2.45 bits per heavy atom. The van der Waals surface area contributed by atoms with Gasteiger partial charge in [0.25, 0.3) is 0 Å². The summed E-state index contributed by atoms with van der Waals surface area (Å²) in [6.07, 6.45) is -2.79. The molecule has 3 nitrogen and oxygen atoms in total. The van der Waals surface area contributed by atoms with Crippen LogP contribution in [0, 0.1) is 13.8 Å². The predicted octanol–water partition coefficient (Wildman–Crippen LogP) is 4.04. The van der Waals surface area contributed by atoms with Gasteiger partial charge in [-0.15, -0.1) is 0 Å². The van der Waals surface area contributed by atoms with Crippen molar-refractivity contribution in [3.8, 4) is 0 Å². The van der Waals surface area contributed by atoms with E-state index in [1.807, 2.05) is 0 Å². The molecule has 0 unspecified atom stereocenters. The number of hydrogen-bond donors (Lipinski definition) is 2. The maximum Gasteiger partial charge on any atom is 0.416 e. The number of benzene rings is 1. The maximum atomic E-state index is 12.9. The third-order valence-electron chi connectivity index (χ3n) is 2.98. The summed E-state index contributed by atoms with van der Waals surface area (Å²) in [4.78, 5) is 4.07. The summed E-state index contributed by atoms with van der Waals surface area (Å²) in [5.74, 6) is 0. The van der Waals surface area contributed by atoms with Gasteiger partial charge in [0, 0.05) is 6.20 Å². The second-order valence-electron chi connectivity index (χ2n) is 4.51. The first kappa shape index (κ1) is 14.2. The van der Waals surface area contributed by atoms with E-state index in [-0.39, 0.29) is 16.9 Å². The first-order valence-corrected chi connectivity index (χ1v) is 5.95. The fraction of sp³-hybridized carbons (Fsp3) is 0.214. The van der Waals surface area contributed by atoms with Crippen molar-refractivity contribution in [1.29, 1.82) is 0 Å². The molecular weight excluding hydrogens is 267 g/mol. The Kier molecular flexibility index (Phi) is 3.57. The zero-order chi connectivity index (χ0) is 14.9. The summed E-state index contributed by atoms with van der Waals surface area (Å²) in [6.45, 7) is 3.15. The van der Waals surface area contributed by atoms with Gasteiger partial charge < -0.3 is 11.1 Å². The first-order valence-electron chi connectivity index (χ1n) is 5.95. The SMILES string of the molecule is Cc1cc(N)c(Nc2cccnc2C)cc1C(F)(F)F. The molecule has 0 fully saturated rings. The molecule has 106 valence electrons. The summed E-state index contributed by atoms with van der Waals surface area (Å²) < 4.78 is 38.7. The summed E-state index contributed by atoms with van der Waals surface area (Å²) in [7, 11) is 0. The highest BCUT2D eigenvalue weighted by atomic mass is 19.4. The Morgan fingerprint density at radius 2 is 1.85 bits per heavy atom. The lowest BCUT2D eigenvalue weighted by Crippen LogP contribution is -2.09. The number of pyridine rings is 1. The number of hydrogen-bond acceptors (Lipinski definition) is 3. The van der Waals surface area contributed by atoms with E-state index in [1.54, 1.807) is 25.3 Å². The average Bonchev–Trinajstić information content (AvgIpc) is 2.33. The van der Waals surface area contributed by atoms with Gasteiger partial charge in [0.1, 0.15) is 0 Å². The molecule has 1 aromatic heterocycles. The third-order valence-corrected chi connectivity index (χ3v) is 2.98. The van der Waals surface area contributed by atoms with E-state index in [2.05, 4.69) is 10.3 Å². The number of rotatable bonds is 2. The van der Waals surface area contributed by atoms with E-state index in [0.29, 0.717) is 11.4 Å². The highest BCUT2D eigenvalue weighted by Crippen LogP contribution is 2.36. The van der Waals surface area contributed by atoms with Crippen molar-refractivity contribution in [3.63, 3.8) is 0 Å². The molecule has 0 spiro atoms. The van der Waals surface area contributed by atoms with Gasteiger partial charge in [-0.2, -0.15) is 13.2 Å². The van der Waals surface area contributed by atoms with E-state index < -0.39 is 11.7 Å². The Hall–Kier alpha value is -2.24. The van der Waals surface area contributed by atoms with E-state index >= 15 is 0 Å². The quantitative estimate of drug-likeness (QED) is 0.817. The number of aryl methyl sites for hydroxylation is 2. The number of aromatic nitrogens is 1. The lowest BCUT2D eigenvalue weighted by molar-refractivity contribution is -0.138. The number of anilines is 3. The van der Waals surface area contributed by atoms with Gasteiger partial charge in [-0.1, -0.05) is 0 Å².